The maximum absolute atomic E-state index is 11.0. The number of hydrogen-bond donors (Lipinski definition) is 1. The molecule has 0 fully saturated rings. The Hall–Kier alpha value is -1.35. The highest BCUT2D eigenvalue weighted by Crippen LogP contribution is 2.20. The summed E-state index contributed by atoms with van der Waals surface area (Å²) in [6.07, 6.45) is 7.29. The molecule has 0 amide bonds. The fourth-order valence-corrected chi connectivity index (χ4v) is 2.37. The highest BCUT2D eigenvalue weighted by molar-refractivity contribution is 5.68. The van der Waals surface area contributed by atoms with E-state index in [2.05, 4.69) is 23.8 Å². The second kappa shape index (κ2) is 10.4. The van der Waals surface area contributed by atoms with Crippen LogP contribution < -0.4 is 0 Å². The van der Waals surface area contributed by atoms with Gasteiger partial charge >= 0.3 is 5.97 Å². The highest BCUT2D eigenvalue weighted by Gasteiger charge is 2.09. The summed E-state index contributed by atoms with van der Waals surface area (Å²) in [5, 5.41) is 10.1. The summed E-state index contributed by atoms with van der Waals surface area (Å²) < 4.78 is 4.59. The molecule has 118 valence electrons. The van der Waals surface area contributed by atoms with Gasteiger partial charge in [-0.2, -0.15) is 0 Å². The van der Waals surface area contributed by atoms with Gasteiger partial charge < -0.3 is 9.84 Å². The van der Waals surface area contributed by atoms with Gasteiger partial charge in [-0.3, -0.25) is 4.79 Å². The van der Waals surface area contributed by atoms with Crippen molar-refractivity contribution in [3.63, 3.8) is 0 Å². The second-order valence-corrected chi connectivity index (χ2v) is 5.54. The van der Waals surface area contributed by atoms with Gasteiger partial charge in [-0.05, 0) is 36.8 Å². The lowest BCUT2D eigenvalue weighted by Crippen LogP contribution is -2.03. The van der Waals surface area contributed by atoms with Crippen molar-refractivity contribution in [2.75, 3.05) is 7.11 Å². The van der Waals surface area contributed by atoms with E-state index >= 15 is 0 Å². The van der Waals surface area contributed by atoms with E-state index in [4.69, 9.17) is 0 Å². The number of carbonyl (C=O) groups is 1. The first-order valence-electron chi connectivity index (χ1n) is 8.01. The Bertz CT molecular complexity index is 397. The largest absolute Gasteiger partial charge is 0.469 e. The summed E-state index contributed by atoms with van der Waals surface area (Å²) >= 11 is 0. The maximum atomic E-state index is 11.0. The monoisotopic (exact) mass is 292 g/mol. The maximum Gasteiger partial charge on any atom is 0.305 e. The Morgan fingerprint density at radius 2 is 1.86 bits per heavy atom. The lowest BCUT2D eigenvalue weighted by Gasteiger charge is -2.11. The molecule has 0 heterocycles. The van der Waals surface area contributed by atoms with E-state index in [9.17, 15) is 9.90 Å². The number of ether oxygens (including phenoxy) is 1. The summed E-state index contributed by atoms with van der Waals surface area (Å²) in [7, 11) is 1.39. The Morgan fingerprint density at radius 3 is 2.48 bits per heavy atom. The molecule has 1 unspecified atom stereocenters. The highest BCUT2D eigenvalue weighted by atomic mass is 16.5. The fraction of sp³-hybridized carbons (Fsp3) is 0.611. The molecule has 1 rings (SSSR count). The molecule has 3 nitrogen and oxygen atoms in total. The molecular weight excluding hydrogens is 264 g/mol. The van der Waals surface area contributed by atoms with E-state index in [0.29, 0.717) is 19.3 Å². The molecule has 1 aromatic rings. The van der Waals surface area contributed by atoms with E-state index in [-0.39, 0.29) is 5.97 Å². The van der Waals surface area contributed by atoms with Crippen LogP contribution in [0.5, 0.6) is 0 Å². The predicted octanol–water partition coefficient (Wildman–Crippen LogP) is 4.19. The van der Waals surface area contributed by atoms with Gasteiger partial charge in [0, 0.05) is 6.42 Å². The lowest BCUT2D eigenvalue weighted by molar-refractivity contribution is -0.140. The second-order valence-electron chi connectivity index (χ2n) is 5.54. The number of rotatable bonds is 10. The Kier molecular flexibility index (Phi) is 8.76. The van der Waals surface area contributed by atoms with E-state index in [1.807, 2.05) is 12.1 Å². The normalized spacial score (nSPS) is 12.1. The number of hydrogen-bond acceptors (Lipinski definition) is 3. The summed E-state index contributed by atoms with van der Waals surface area (Å²) in [4.78, 5) is 11.0. The first kappa shape index (κ1) is 17.7. The van der Waals surface area contributed by atoms with Gasteiger partial charge in [-0.25, -0.2) is 0 Å². The number of esters is 1. The summed E-state index contributed by atoms with van der Waals surface area (Å²) in [5.74, 6) is -0.218. The summed E-state index contributed by atoms with van der Waals surface area (Å²) in [5.41, 5.74) is 2.26. The van der Waals surface area contributed by atoms with E-state index in [1.165, 1.54) is 38.4 Å². The van der Waals surface area contributed by atoms with Crippen LogP contribution in [0.4, 0.5) is 0 Å². The minimum atomic E-state index is -0.496. The predicted molar refractivity (Wildman–Crippen MR) is 85.1 cm³/mol. The van der Waals surface area contributed by atoms with Crippen molar-refractivity contribution in [2.24, 2.45) is 0 Å². The van der Waals surface area contributed by atoms with Gasteiger partial charge in [0.25, 0.3) is 0 Å². The van der Waals surface area contributed by atoms with Crippen molar-refractivity contribution >= 4 is 5.97 Å². The van der Waals surface area contributed by atoms with E-state index < -0.39 is 6.10 Å². The molecule has 0 aromatic heterocycles. The molecule has 0 saturated heterocycles. The number of unbranched alkanes of at least 4 members (excludes halogenated alkanes) is 3. The fourth-order valence-electron chi connectivity index (χ4n) is 2.37. The van der Waals surface area contributed by atoms with Gasteiger partial charge in [0.2, 0.25) is 0 Å². The molecule has 0 aliphatic carbocycles. The van der Waals surface area contributed by atoms with Gasteiger partial charge in [-0.15, -0.1) is 0 Å². The van der Waals surface area contributed by atoms with Crippen molar-refractivity contribution in [1.82, 2.24) is 0 Å². The van der Waals surface area contributed by atoms with Crippen LogP contribution in [0.2, 0.25) is 0 Å². The molecule has 21 heavy (non-hydrogen) atoms. The Labute approximate surface area is 128 Å². The molecule has 0 radical (unpaired) electrons. The number of methoxy groups -OCH3 is 1. The number of aliphatic hydroxyl groups excluding tert-OH is 1. The standard InChI is InChI=1S/C18H28O3/c1-3-4-5-6-8-15-11-13-16(14-12-15)17(19)9-7-10-18(20)21-2/h11-14,17,19H,3-10H2,1-2H3. The van der Waals surface area contributed by atoms with Gasteiger partial charge in [-0.1, -0.05) is 50.5 Å². The van der Waals surface area contributed by atoms with Crippen LogP contribution in [-0.4, -0.2) is 18.2 Å². The minimum absolute atomic E-state index is 0.218. The number of aliphatic hydroxyl groups is 1. The molecule has 1 atom stereocenters. The van der Waals surface area contributed by atoms with E-state index in [1.54, 1.807) is 0 Å². The summed E-state index contributed by atoms with van der Waals surface area (Å²) in [6.45, 7) is 2.22. The van der Waals surface area contributed by atoms with Crippen LogP contribution in [0.3, 0.4) is 0 Å². The number of carbonyl (C=O) groups excluding carboxylic acids is 1. The Balaban J connectivity index is 2.33. The lowest BCUT2D eigenvalue weighted by atomic mass is 10.00. The molecule has 0 saturated carbocycles. The van der Waals surface area contributed by atoms with Crippen molar-refractivity contribution in [1.29, 1.82) is 0 Å². The van der Waals surface area contributed by atoms with Gasteiger partial charge in [0.05, 0.1) is 13.2 Å². The molecule has 0 aliphatic rings. The van der Waals surface area contributed by atoms with Crippen LogP contribution in [0.1, 0.15) is 69.1 Å². The van der Waals surface area contributed by atoms with Crippen molar-refractivity contribution in [2.45, 2.75) is 64.4 Å². The van der Waals surface area contributed by atoms with Crippen LogP contribution in [0.25, 0.3) is 0 Å². The Morgan fingerprint density at radius 1 is 1.14 bits per heavy atom. The molecule has 0 aliphatic heterocycles. The third-order valence-corrected chi connectivity index (χ3v) is 3.77. The summed E-state index contributed by atoms with van der Waals surface area (Å²) in [6, 6.07) is 8.20. The topological polar surface area (TPSA) is 46.5 Å². The molecule has 1 N–H and O–H groups in total. The van der Waals surface area contributed by atoms with Crippen molar-refractivity contribution in [3.05, 3.63) is 35.4 Å². The zero-order valence-corrected chi connectivity index (χ0v) is 13.3. The average Bonchev–Trinajstić information content (AvgIpc) is 2.51. The van der Waals surface area contributed by atoms with Crippen molar-refractivity contribution in [3.8, 4) is 0 Å². The average molecular weight is 292 g/mol. The number of aryl methyl sites for hydroxylation is 1. The molecule has 0 spiro atoms. The van der Waals surface area contributed by atoms with Gasteiger partial charge in [0.1, 0.15) is 0 Å². The quantitative estimate of drug-likeness (QED) is 0.519. The van der Waals surface area contributed by atoms with E-state index in [0.717, 1.165) is 12.0 Å². The zero-order valence-electron chi connectivity index (χ0n) is 13.3. The van der Waals surface area contributed by atoms with Crippen LogP contribution in [-0.2, 0) is 16.0 Å². The molecule has 3 heteroatoms. The SMILES string of the molecule is CCCCCCc1ccc(C(O)CCCC(=O)OC)cc1. The smallest absolute Gasteiger partial charge is 0.305 e. The van der Waals surface area contributed by atoms with Crippen LogP contribution >= 0.6 is 0 Å². The first-order valence-corrected chi connectivity index (χ1v) is 8.01. The van der Waals surface area contributed by atoms with Crippen LogP contribution in [0, 0.1) is 0 Å². The number of benzene rings is 1. The van der Waals surface area contributed by atoms with Gasteiger partial charge in [0.15, 0.2) is 0 Å². The molecule has 1 aromatic carbocycles. The minimum Gasteiger partial charge on any atom is -0.469 e. The van der Waals surface area contributed by atoms with Crippen molar-refractivity contribution < 1.29 is 14.6 Å². The molecular formula is C18H28O3. The third kappa shape index (κ3) is 7.28. The zero-order chi connectivity index (χ0) is 15.5. The first-order chi connectivity index (χ1) is 10.2. The third-order valence-electron chi connectivity index (χ3n) is 3.77. The molecule has 0 bridgehead atoms. The van der Waals surface area contributed by atoms with Crippen LogP contribution in [0.15, 0.2) is 24.3 Å².